The van der Waals surface area contributed by atoms with Crippen LogP contribution in [0.3, 0.4) is 0 Å². The maximum absolute atomic E-state index is 12.6. The standard InChI is InChI=1S/C22H29N5O2S/c1-4-17-19(29-22(24-17)15(2)3)21(28)23-9-10-26-11-13-27(14-12-26)20-16-7-5-6-8-18(16)30-25-20/h5-8,15H,4,9-14H2,1-3H3,(H,23,28). The van der Waals surface area contributed by atoms with Gasteiger partial charge in [-0.3, -0.25) is 9.69 Å². The first-order valence-electron chi connectivity index (χ1n) is 10.7. The minimum absolute atomic E-state index is 0.168. The first-order chi connectivity index (χ1) is 14.6. The fourth-order valence-corrected chi connectivity index (χ4v) is 4.52. The van der Waals surface area contributed by atoms with E-state index in [9.17, 15) is 4.79 Å². The summed E-state index contributed by atoms with van der Waals surface area (Å²) in [5, 5.41) is 4.24. The van der Waals surface area contributed by atoms with Gasteiger partial charge in [0.1, 0.15) is 5.82 Å². The molecule has 3 heterocycles. The van der Waals surface area contributed by atoms with Crippen LogP contribution in [0.5, 0.6) is 0 Å². The Morgan fingerprint density at radius 3 is 2.73 bits per heavy atom. The number of hydrogen-bond donors (Lipinski definition) is 1. The number of amides is 1. The largest absolute Gasteiger partial charge is 0.435 e. The Labute approximate surface area is 181 Å². The summed E-state index contributed by atoms with van der Waals surface area (Å²) >= 11 is 1.56. The molecule has 4 rings (SSSR count). The summed E-state index contributed by atoms with van der Waals surface area (Å²) in [7, 11) is 0. The Morgan fingerprint density at radius 2 is 2.00 bits per heavy atom. The van der Waals surface area contributed by atoms with E-state index in [0.717, 1.165) is 44.2 Å². The van der Waals surface area contributed by atoms with Gasteiger partial charge in [0.15, 0.2) is 5.89 Å². The van der Waals surface area contributed by atoms with Gasteiger partial charge in [0.25, 0.3) is 5.91 Å². The van der Waals surface area contributed by atoms with Crippen LogP contribution >= 0.6 is 11.5 Å². The number of anilines is 1. The van der Waals surface area contributed by atoms with Crippen molar-refractivity contribution in [3.8, 4) is 0 Å². The highest BCUT2D eigenvalue weighted by Crippen LogP contribution is 2.29. The fraction of sp³-hybridized carbons (Fsp3) is 0.500. The third-order valence-corrected chi connectivity index (χ3v) is 6.31. The van der Waals surface area contributed by atoms with Gasteiger partial charge in [0.2, 0.25) is 5.76 Å². The molecule has 1 N–H and O–H groups in total. The molecule has 2 aromatic heterocycles. The van der Waals surface area contributed by atoms with Crippen LogP contribution in [0.4, 0.5) is 5.82 Å². The highest BCUT2D eigenvalue weighted by Gasteiger charge is 2.22. The molecular weight excluding hydrogens is 398 g/mol. The number of oxazole rings is 1. The van der Waals surface area contributed by atoms with Gasteiger partial charge >= 0.3 is 0 Å². The van der Waals surface area contributed by atoms with E-state index in [4.69, 9.17) is 4.42 Å². The lowest BCUT2D eigenvalue weighted by Crippen LogP contribution is -2.48. The average Bonchev–Trinajstić information content (AvgIpc) is 3.39. The normalized spacial score (nSPS) is 15.3. The molecule has 1 aromatic carbocycles. The summed E-state index contributed by atoms with van der Waals surface area (Å²) in [5.74, 6) is 2.09. The zero-order chi connectivity index (χ0) is 21.1. The number of piperazine rings is 1. The highest BCUT2D eigenvalue weighted by molar-refractivity contribution is 7.13. The van der Waals surface area contributed by atoms with Crippen molar-refractivity contribution in [1.29, 1.82) is 0 Å². The molecule has 8 heteroatoms. The van der Waals surface area contributed by atoms with Gasteiger partial charge < -0.3 is 14.6 Å². The topological polar surface area (TPSA) is 74.5 Å². The van der Waals surface area contributed by atoms with Crippen LogP contribution in [-0.4, -0.2) is 59.4 Å². The molecule has 0 atom stereocenters. The smallest absolute Gasteiger partial charge is 0.289 e. The first-order valence-corrected chi connectivity index (χ1v) is 11.4. The van der Waals surface area contributed by atoms with Crippen molar-refractivity contribution in [1.82, 2.24) is 19.6 Å². The Hall–Kier alpha value is -2.45. The maximum Gasteiger partial charge on any atom is 0.289 e. The predicted octanol–water partition coefficient (Wildman–Crippen LogP) is 3.52. The molecule has 1 aliphatic heterocycles. The van der Waals surface area contributed by atoms with E-state index >= 15 is 0 Å². The summed E-state index contributed by atoms with van der Waals surface area (Å²) in [5.41, 5.74) is 0.736. The molecule has 7 nitrogen and oxygen atoms in total. The van der Waals surface area contributed by atoms with E-state index in [1.54, 1.807) is 11.5 Å². The Balaban J connectivity index is 1.27. The van der Waals surface area contributed by atoms with Crippen molar-refractivity contribution in [2.75, 3.05) is 44.2 Å². The third kappa shape index (κ3) is 4.34. The quantitative estimate of drug-likeness (QED) is 0.622. The van der Waals surface area contributed by atoms with Crippen LogP contribution in [0.1, 0.15) is 48.8 Å². The Kier molecular flexibility index (Phi) is 6.34. The van der Waals surface area contributed by atoms with Crippen LogP contribution < -0.4 is 10.2 Å². The predicted molar refractivity (Wildman–Crippen MR) is 121 cm³/mol. The van der Waals surface area contributed by atoms with Gasteiger partial charge in [-0.2, -0.15) is 4.37 Å². The number of fused-ring (bicyclic) bond motifs is 1. The summed E-state index contributed by atoms with van der Waals surface area (Å²) in [4.78, 5) is 21.8. The number of benzene rings is 1. The zero-order valence-corrected chi connectivity index (χ0v) is 18.7. The lowest BCUT2D eigenvalue weighted by Gasteiger charge is -2.35. The number of aryl methyl sites for hydroxylation is 1. The van der Waals surface area contributed by atoms with E-state index in [0.29, 0.717) is 24.6 Å². The van der Waals surface area contributed by atoms with Crippen LogP contribution in [-0.2, 0) is 6.42 Å². The van der Waals surface area contributed by atoms with Gasteiger partial charge in [-0.15, -0.1) is 0 Å². The second-order valence-electron chi connectivity index (χ2n) is 7.92. The molecule has 1 amide bonds. The maximum atomic E-state index is 12.6. The lowest BCUT2D eigenvalue weighted by atomic mass is 10.2. The number of hydrogen-bond acceptors (Lipinski definition) is 7. The minimum atomic E-state index is -0.168. The van der Waals surface area contributed by atoms with Crippen LogP contribution in [0, 0.1) is 0 Å². The van der Waals surface area contributed by atoms with Gasteiger partial charge in [-0.1, -0.05) is 32.9 Å². The number of nitrogens with zero attached hydrogens (tertiary/aromatic N) is 4. The summed E-state index contributed by atoms with van der Waals surface area (Å²) in [6.45, 7) is 11.3. The fourth-order valence-electron chi connectivity index (χ4n) is 3.73. The number of carbonyl (C=O) groups excluding carboxylic acids is 1. The summed E-state index contributed by atoms with van der Waals surface area (Å²) in [6, 6.07) is 8.40. The number of nitrogens with one attached hydrogen (secondary N) is 1. The van der Waals surface area contributed by atoms with Crippen LogP contribution in [0.2, 0.25) is 0 Å². The number of rotatable bonds is 7. The zero-order valence-electron chi connectivity index (χ0n) is 17.9. The van der Waals surface area contributed by atoms with Crippen molar-refractivity contribution in [2.24, 2.45) is 0 Å². The second kappa shape index (κ2) is 9.14. The summed E-state index contributed by atoms with van der Waals surface area (Å²) in [6.07, 6.45) is 0.687. The third-order valence-electron chi connectivity index (χ3n) is 5.49. The first kappa shape index (κ1) is 20.8. The summed E-state index contributed by atoms with van der Waals surface area (Å²) < 4.78 is 11.6. The molecule has 0 saturated carbocycles. The molecule has 1 aliphatic rings. The highest BCUT2D eigenvalue weighted by atomic mass is 32.1. The van der Waals surface area contributed by atoms with E-state index in [1.165, 1.54) is 10.1 Å². The van der Waals surface area contributed by atoms with Gasteiger partial charge in [0.05, 0.1) is 10.4 Å². The van der Waals surface area contributed by atoms with Crippen molar-refractivity contribution < 1.29 is 9.21 Å². The van der Waals surface area contributed by atoms with Gasteiger partial charge in [0, 0.05) is 50.6 Å². The Bertz CT molecular complexity index is 1000. The molecular formula is C22H29N5O2S. The molecule has 3 aromatic rings. The van der Waals surface area contributed by atoms with Crippen LogP contribution in [0.15, 0.2) is 28.7 Å². The molecule has 1 saturated heterocycles. The molecule has 30 heavy (non-hydrogen) atoms. The van der Waals surface area contributed by atoms with E-state index < -0.39 is 0 Å². The van der Waals surface area contributed by atoms with E-state index in [2.05, 4.69) is 48.7 Å². The minimum Gasteiger partial charge on any atom is -0.435 e. The molecule has 160 valence electrons. The van der Waals surface area contributed by atoms with Crippen molar-refractivity contribution in [3.05, 3.63) is 41.6 Å². The van der Waals surface area contributed by atoms with Crippen molar-refractivity contribution >= 4 is 33.3 Å². The molecule has 0 bridgehead atoms. The van der Waals surface area contributed by atoms with Gasteiger partial charge in [-0.25, -0.2) is 4.98 Å². The number of carbonyl (C=O) groups is 1. The van der Waals surface area contributed by atoms with Gasteiger partial charge in [-0.05, 0) is 30.1 Å². The van der Waals surface area contributed by atoms with E-state index in [1.807, 2.05) is 20.8 Å². The van der Waals surface area contributed by atoms with Crippen molar-refractivity contribution in [3.63, 3.8) is 0 Å². The monoisotopic (exact) mass is 427 g/mol. The van der Waals surface area contributed by atoms with E-state index in [-0.39, 0.29) is 11.8 Å². The molecule has 0 aliphatic carbocycles. The average molecular weight is 428 g/mol. The lowest BCUT2D eigenvalue weighted by molar-refractivity contribution is 0.0916. The van der Waals surface area contributed by atoms with Crippen molar-refractivity contribution in [2.45, 2.75) is 33.1 Å². The second-order valence-corrected chi connectivity index (χ2v) is 8.73. The number of aromatic nitrogens is 2. The SMILES string of the molecule is CCc1nc(C(C)C)oc1C(=O)NCCN1CCN(c2nsc3ccccc23)CC1. The molecule has 0 spiro atoms. The molecule has 1 fully saturated rings. The Morgan fingerprint density at radius 1 is 1.23 bits per heavy atom. The van der Waals surface area contributed by atoms with Crippen LogP contribution in [0.25, 0.3) is 10.1 Å². The molecule has 0 radical (unpaired) electrons. The molecule has 0 unspecified atom stereocenters.